The molecule has 9 heteroatoms. The zero-order valence-electron chi connectivity index (χ0n) is 16.8. The van der Waals surface area contributed by atoms with Crippen molar-refractivity contribution in [1.29, 1.82) is 0 Å². The molecule has 0 aliphatic carbocycles. The monoisotopic (exact) mass is 442 g/mol. The van der Waals surface area contributed by atoms with E-state index in [2.05, 4.69) is 11.7 Å². The molecular formula is C22H19ClN2O6. The highest BCUT2D eigenvalue weighted by Gasteiger charge is 2.13. The zero-order chi connectivity index (χ0) is 22.7. The lowest BCUT2D eigenvalue weighted by molar-refractivity contribution is -0.134. The maximum atomic E-state index is 12.9. The van der Waals surface area contributed by atoms with E-state index in [-0.39, 0.29) is 28.0 Å². The van der Waals surface area contributed by atoms with Gasteiger partial charge in [0.2, 0.25) is 0 Å². The van der Waals surface area contributed by atoms with E-state index in [1.54, 1.807) is 31.2 Å². The lowest BCUT2D eigenvalue weighted by atomic mass is 10.1. The molecule has 2 aromatic carbocycles. The molecule has 0 amide bonds. The molecule has 31 heavy (non-hydrogen) atoms. The molecule has 0 bridgehead atoms. The van der Waals surface area contributed by atoms with Gasteiger partial charge in [-0.1, -0.05) is 31.2 Å². The smallest absolute Gasteiger partial charge is 0.337 e. The number of carbonyl (C=O) groups is 2. The molecule has 0 saturated carbocycles. The van der Waals surface area contributed by atoms with E-state index in [9.17, 15) is 19.5 Å². The molecule has 0 unspecified atom stereocenters. The molecule has 3 aromatic rings. The minimum Gasteiger partial charge on any atom is -0.493 e. The average molecular weight is 443 g/mol. The van der Waals surface area contributed by atoms with E-state index in [1.807, 2.05) is 0 Å². The van der Waals surface area contributed by atoms with E-state index in [4.69, 9.17) is 21.1 Å². The van der Waals surface area contributed by atoms with Crippen molar-refractivity contribution in [3.63, 3.8) is 0 Å². The quantitative estimate of drug-likeness (QED) is 0.446. The normalized spacial score (nSPS) is 11.4. The number of H-pyrrole nitrogens is 1. The van der Waals surface area contributed by atoms with Crippen LogP contribution in [0.4, 0.5) is 0 Å². The molecule has 8 nitrogen and oxygen atoms in total. The van der Waals surface area contributed by atoms with Gasteiger partial charge in [0.1, 0.15) is 0 Å². The number of carbonyl (C=O) groups excluding carboxylic acids is 1. The SMILES string of the molecule is C=c1[nH]n(-c2ccc(Cl)c(C(=O)O)c2)c(=O)/c1=C\c1ccc(OC(=O)CC)c(OC)c1. The minimum atomic E-state index is -1.20. The number of ether oxygens (including phenoxy) is 2. The van der Waals surface area contributed by atoms with Gasteiger partial charge < -0.3 is 14.6 Å². The molecule has 0 fully saturated rings. The van der Waals surface area contributed by atoms with Gasteiger partial charge in [0, 0.05) is 6.42 Å². The molecule has 1 aromatic heterocycles. The Labute approximate surface area is 181 Å². The third-order valence-electron chi connectivity index (χ3n) is 4.46. The molecular weight excluding hydrogens is 424 g/mol. The molecule has 2 N–H and O–H groups in total. The van der Waals surface area contributed by atoms with Crippen molar-refractivity contribution in [2.45, 2.75) is 13.3 Å². The number of aromatic amines is 1. The highest BCUT2D eigenvalue weighted by molar-refractivity contribution is 6.33. The van der Waals surface area contributed by atoms with Crippen LogP contribution < -0.4 is 25.6 Å². The van der Waals surface area contributed by atoms with Crippen LogP contribution in [0.5, 0.6) is 11.5 Å². The number of aromatic carboxylic acids is 1. The number of hydrogen-bond donors (Lipinski definition) is 2. The standard InChI is InChI=1S/C22H19ClN2O6/c1-4-20(26)31-18-8-5-13(10-19(18)30-3)9-15-12(2)24-25(21(15)27)14-6-7-17(23)16(11-14)22(28)29/h5-11,24H,2,4H2,1,3H3,(H,28,29)/b15-9-. The predicted octanol–water partition coefficient (Wildman–Crippen LogP) is 2.08. The second kappa shape index (κ2) is 8.93. The Hall–Kier alpha value is -3.78. The second-order valence-electron chi connectivity index (χ2n) is 6.50. The fourth-order valence-corrected chi connectivity index (χ4v) is 3.06. The van der Waals surface area contributed by atoms with Gasteiger partial charge in [-0.05, 0) is 42.0 Å². The molecule has 0 saturated heterocycles. The van der Waals surface area contributed by atoms with E-state index in [0.29, 0.717) is 22.3 Å². The third-order valence-corrected chi connectivity index (χ3v) is 4.78. The summed E-state index contributed by atoms with van der Waals surface area (Å²) in [6.45, 7) is 5.54. The van der Waals surface area contributed by atoms with Crippen molar-refractivity contribution in [1.82, 2.24) is 9.78 Å². The number of rotatable bonds is 6. The number of esters is 1. The Kier molecular flexibility index (Phi) is 6.31. The summed E-state index contributed by atoms with van der Waals surface area (Å²) in [6, 6.07) is 9.09. The highest BCUT2D eigenvalue weighted by Crippen LogP contribution is 2.28. The Bertz CT molecular complexity index is 1340. The lowest BCUT2D eigenvalue weighted by Crippen LogP contribution is -2.34. The average Bonchev–Trinajstić information content (AvgIpc) is 3.03. The Morgan fingerprint density at radius 1 is 1.23 bits per heavy atom. The van der Waals surface area contributed by atoms with E-state index in [1.165, 1.54) is 30.0 Å². The van der Waals surface area contributed by atoms with Crippen LogP contribution in [0.25, 0.3) is 18.3 Å². The number of benzene rings is 2. The van der Waals surface area contributed by atoms with Gasteiger partial charge in [-0.15, -0.1) is 0 Å². The largest absolute Gasteiger partial charge is 0.493 e. The van der Waals surface area contributed by atoms with Gasteiger partial charge in [-0.3, -0.25) is 14.7 Å². The van der Waals surface area contributed by atoms with Crippen LogP contribution in [0.1, 0.15) is 29.3 Å². The first-order valence-electron chi connectivity index (χ1n) is 9.18. The first-order chi connectivity index (χ1) is 14.7. The maximum absolute atomic E-state index is 12.9. The maximum Gasteiger partial charge on any atom is 0.337 e. The van der Waals surface area contributed by atoms with Crippen molar-refractivity contribution >= 4 is 36.2 Å². The van der Waals surface area contributed by atoms with E-state index in [0.717, 1.165) is 0 Å². The van der Waals surface area contributed by atoms with E-state index >= 15 is 0 Å². The molecule has 0 aliphatic heterocycles. The number of nitrogens with zero attached hydrogens (tertiary/aromatic N) is 1. The van der Waals surface area contributed by atoms with Crippen LogP contribution in [0.3, 0.4) is 0 Å². The van der Waals surface area contributed by atoms with Crippen LogP contribution in [0.2, 0.25) is 5.02 Å². The topological polar surface area (TPSA) is 111 Å². The van der Waals surface area contributed by atoms with Gasteiger partial charge in [0.15, 0.2) is 11.5 Å². The summed E-state index contributed by atoms with van der Waals surface area (Å²) in [4.78, 5) is 35.8. The van der Waals surface area contributed by atoms with Crippen LogP contribution >= 0.6 is 11.6 Å². The fraction of sp³-hybridized carbons (Fsp3) is 0.136. The number of hydrogen-bond acceptors (Lipinski definition) is 5. The molecule has 0 radical (unpaired) electrons. The van der Waals surface area contributed by atoms with E-state index < -0.39 is 17.5 Å². The van der Waals surface area contributed by atoms with Gasteiger partial charge in [-0.2, -0.15) is 0 Å². The van der Waals surface area contributed by atoms with Crippen molar-refractivity contribution in [3.05, 3.63) is 73.5 Å². The second-order valence-corrected chi connectivity index (χ2v) is 6.90. The lowest BCUT2D eigenvalue weighted by Gasteiger charge is -2.09. The molecule has 160 valence electrons. The number of nitrogens with one attached hydrogen (secondary N) is 1. The van der Waals surface area contributed by atoms with Crippen molar-refractivity contribution in [3.8, 4) is 17.2 Å². The molecule has 0 atom stereocenters. The number of methoxy groups -OCH3 is 1. The molecule has 1 heterocycles. The van der Waals surface area contributed by atoms with Crippen LogP contribution in [-0.2, 0) is 4.79 Å². The summed E-state index contributed by atoms with van der Waals surface area (Å²) < 4.78 is 11.7. The van der Waals surface area contributed by atoms with Crippen molar-refractivity contribution in [2.24, 2.45) is 0 Å². The van der Waals surface area contributed by atoms with Crippen LogP contribution in [0.15, 0.2) is 41.2 Å². The van der Waals surface area contributed by atoms with Crippen LogP contribution in [0, 0.1) is 0 Å². The van der Waals surface area contributed by atoms with Crippen molar-refractivity contribution in [2.75, 3.05) is 7.11 Å². The summed E-state index contributed by atoms with van der Waals surface area (Å²) in [5.41, 5.74) is 0.363. The third kappa shape index (κ3) is 4.54. The first kappa shape index (κ1) is 21.9. The Morgan fingerprint density at radius 2 is 1.97 bits per heavy atom. The Balaban J connectivity index is 2.08. The summed E-state index contributed by atoms with van der Waals surface area (Å²) in [6.07, 6.45) is 1.82. The number of carboxylic acids is 1. The summed E-state index contributed by atoms with van der Waals surface area (Å²) in [5, 5.41) is 12.8. The molecule has 0 spiro atoms. The summed E-state index contributed by atoms with van der Waals surface area (Å²) >= 11 is 5.90. The fourth-order valence-electron chi connectivity index (χ4n) is 2.86. The minimum absolute atomic E-state index is 0.0634. The molecule has 3 rings (SSSR count). The van der Waals surface area contributed by atoms with Crippen LogP contribution in [-0.4, -0.2) is 33.9 Å². The molecule has 0 aliphatic rings. The van der Waals surface area contributed by atoms with Gasteiger partial charge in [-0.25, -0.2) is 9.48 Å². The highest BCUT2D eigenvalue weighted by atomic mass is 35.5. The number of aromatic nitrogens is 2. The Morgan fingerprint density at radius 3 is 2.61 bits per heavy atom. The summed E-state index contributed by atoms with van der Waals surface area (Å²) in [5.74, 6) is -0.993. The first-order valence-corrected chi connectivity index (χ1v) is 9.56. The summed E-state index contributed by atoms with van der Waals surface area (Å²) in [7, 11) is 1.44. The van der Waals surface area contributed by atoms with Gasteiger partial charge in [0.05, 0.1) is 34.0 Å². The van der Waals surface area contributed by atoms with Gasteiger partial charge >= 0.3 is 11.9 Å². The zero-order valence-corrected chi connectivity index (χ0v) is 17.5. The van der Waals surface area contributed by atoms with Gasteiger partial charge in [0.25, 0.3) is 5.56 Å². The predicted molar refractivity (Wildman–Crippen MR) is 116 cm³/mol. The number of carboxylic acid groups (broad SMARTS) is 1. The van der Waals surface area contributed by atoms with Crippen molar-refractivity contribution < 1.29 is 24.2 Å². The number of halogens is 1.